The van der Waals surface area contributed by atoms with Gasteiger partial charge in [0.25, 0.3) is 0 Å². The second kappa shape index (κ2) is 5.96. The SMILES string of the molecule is O=C(CC1CC2CCC1C2)Nc1ccc(CCO)cc1. The lowest BCUT2D eigenvalue weighted by molar-refractivity contribution is -0.117. The van der Waals surface area contributed by atoms with Crippen LogP contribution in [0.4, 0.5) is 5.69 Å². The van der Waals surface area contributed by atoms with E-state index in [1.807, 2.05) is 24.3 Å². The smallest absolute Gasteiger partial charge is 0.224 e. The third kappa shape index (κ3) is 3.04. The molecule has 3 rings (SSSR count). The summed E-state index contributed by atoms with van der Waals surface area (Å²) in [6.07, 6.45) is 6.67. The van der Waals surface area contributed by atoms with Crippen LogP contribution in [0.3, 0.4) is 0 Å². The Labute approximate surface area is 120 Å². The summed E-state index contributed by atoms with van der Waals surface area (Å²) < 4.78 is 0. The number of carbonyl (C=O) groups excluding carboxylic acids is 1. The van der Waals surface area contributed by atoms with E-state index in [-0.39, 0.29) is 12.5 Å². The van der Waals surface area contributed by atoms with Crippen LogP contribution in [0.25, 0.3) is 0 Å². The number of fused-ring (bicyclic) bond motifs is 2. The second-order valence-electron chi connectivity index (χ2n) is 6.36. The number of nitrogens with one attached hydrogen (secondary N) is 1. The van der Waals surface area contributed by atoms with Crippen LogP contribution in [-0.4, -0.2) is 17.6 Å². The molecule has 1 amide bonds. The number of hydrogen-bond donors (Lipinski definition) is 2. The Morgan fingerprint density at radius 1 is 1.20 bits per heavy atom. The van der Waals surface area contributed by atoms with Crippen molar-refractivity contribution < 1.29 is 9.90 Å². The van der Waals surface area contributed by atoms with Gasteiger partial charge in [-0.1, -0.05) is 18.6 Å². The van der Waals surface area contributed by atoms with Gasteiger partial charge < -0.3 is 10.4 Å². The van der Waals surface area contributed by atoms with Gasteiger partial charge >= 0.3 is 0 Å². The van der Waals surface area contributed by atoms with Gasteiger partial charge in [0.05, 0.1) is 0 Å². The third-order valence-corrected chi connectivity index (χ3v) is 4.97. The standard InChI is InChI=1S/C17H23NO2/c19-8-7-12-2-5-16(6-3-12)18-17(20)11-15-10-13-1-4-14(15)9-13/h2-3,5-6,13-15,19H,1,4,7-11H2,(H,18,20). The molecule has 0 saturated heterocycles. The first-order valence-electron chi connectivity index (χ1n) is 7.74. The van der Waals surface area contributed by atoms with E-state index < -0.39 is 0 Å². The molecule has 2 aliphatic rings. The molecule has 2 saturated carbocycles. The van der Waals surface area contributed by atoms with Crippen molar-refractivity contribution in [2.45, 2.75) is 38.5 Å². The Kier molecular flexibility index (Phi) is 4.06. The number of anilines is 1. The third-order valence-electron chi connectivity index (χ3n) is 4.97. The first-order chi connectivity index (χ1) is 9.74. The molecular formula is C17H23NO2. The van der Waals surface area contributed by atoms with Crippen LogP contribution in [0.2, 0.25) is 0 Å². The molecule has 3 atom stereocenters. The van der Waals surface area contributed by atoms with Crippen molar-refractivity contribution >= 4 is 11.6 Å². The summed E-state index contributed by atoms with van der Waals surface area (Å²) in [7, 11) is 0. The molecular weight excluding hydrogens is 250 g/mol. The fraction of sp³-hybridized carbons (Fsp3) is 0.588. The second-order valence-corrected chi connectivity index (χ2v) is 6.36. The number of benzene rings is 1. The quantitative estimate of drug-likeness (QED) is 0.866. The Morgan fingerprint density at radius 3 is 2.60 bits per heavy atom. The number of amides is 1. The average molecular weight is 273 g/mol. The summed E-state index contributed by atoms with van der Waals surface area (Å²) in [6, 6.07) is 7.76. The van der Waals surface area contributed by atoms with Crippen LogP contribution in [0.15, 0.2) is 24.3 Å². The molecule has 0 aromatic heterocycles. The highest BCUT2D eigenvalue weighted by Crippen LogP contribution is 2.49. The summed E-state index contributed by atoms with van der Waals surface area (Å²) >= 11 is 0. The molecule has 0 radical (unpaired) electrons. The van der Waals surface area contributed by atoms with Crippen molar-refractivity contribution in [2.75, 3.05) is 11.9 Å². The van der Waals surface area contributed by atoms with Crippen molar-refractivity contribution in [3.63, 3.8) is 0 Å². The molecule has 0 spiro atoms. The van der Waals surface area contributed by atoms with Crippen molar-refractivity contribution in [3.05, 3.63) is 29.8 Å². The van der Waals surface area contributed by atoms with Gasteiger partial charge in [-0.25, -0.2) is 0 Å². The molecule has 1 aromatic carbocycles. The largest absolute Gasteiger partial charge is 0.396 e. The average Bonchev–Trinajstić information content (AvgIpc) is 3.03. The first kappa shape index (κ1) is 13.6. The predicted octanol–water partition coefficient (Wildman–Crippen LogP) is 2.99. The fourth-order valence-electron chi connectivity index (χ4n) is 3.96. The predicted molar refractivity (Wildman–Crippen MR) is 79.4 cm³/mol. The van der Waals surface area contributed by atoms with E-state index >= 15 is 0 Å². The number of carbonyl (C=O) groups is 1. The summed E-state index contributed by atoms with van der Waals surface area (Å²) in [5.41, 5.74) is 1.96. The summed E-state index contributed by atoms with van der Waals surface area (Å²) in [6.45, 7) is 0.163. The van der Waals surface area contributed by atoms with Gasteiger partial charge in [-0.3, -0.25) is 4.79 Å². The molecule has 3 nitrogen and oxygen atoms in total. The Balaban J connectivity index is 1.51. The van der Waals surface area contributed by atoms with Crippen LogP contribution in [0.5, 0.6) is 0 Å². The van der Waals surface area contributed by atoms with Gasteiger partial charge in [0.2, 0.25) is 5.91 Å². The molecule has 2 aliphatic carbocycles. The lowest BCUT2D eigenvalue weighted by Crippen LogP contribution is -2.20. The van der Waals surface area contributed by atoms with E-state index in [0.717, 1.165) is 23.1 Å². The molecule has 0 aliphatic heterocycles. The Bertz CT molecular complexity index is 468. The van der Waals surface area contributed by atoms with Gasteiger partial charge in [-0.05, 0) is 61.1 Å². The molecule has 3 heteroatoms. The summed E-state index contributed by atoms with van der Waals surface area (Å²) in [5.74, 6) is 2.47. The van der Waals surface area contributed by atoms with Gasteiger partial charge in [0, 0.05) is 18.7 Å². The van der Waals surface area contributed by atoms with E-state index in [1.165, 1.54) is 25.7 Å². The topological polar surface area (TPSA) is 49.3 Å². The van der Waals surface area contributed by atoms with E-state index in [4.69, 9.17) is 5.11 Å². The molecule has 2 bridgehead atoms. The summed E-state index contributed by atoms with van der Waals surface area (Å²) in [4.78, 5) is 12.1. The van der Waals surface area contributed by atoms with Crippen molar-refractivity contribution in [1.82, 2.24) is 0 Å². The maximum atomic E-state index is 12.1. The Hall–Kier alpha value is -1.35. The zero-order chi connectivity index (χ0) is 13.9. The minimum Gasteiger partial charge on any atom is -0.396 e. The van der Waals surface area contributed by atoms with Gasteiger partial charge in [-0.15, -0.1) is 0 Å². The first-order valence-corrected chi connectivity index (χ1v) is 7.74. The lowest BCUT2D eigenvalue weighted by Gasteiger charge is -2.20. The van der Waals surface area contributed by atoms with Gasteiger partial charge in [0.1, 0.15) is 0 Å². The molecule has 108 valence electrons. The molecule has 3 unspecified atom stereocenters. The molecule has 0 heterocycles. The number of rotatable bonds is 5. The number of aliphatic hydroxyl groups excluding tert-OH is 1. The molecule has 20 heavy (non-hydrogen) atoms. The zero-order valence-electron chi connectivity index (χ0n) is 11.8. The lowest BCUT2D eigenvalue weighted by atomic mass is 9.86. The van der Waals surface area contributed by atoms with Gasteiger partial charge in [0.15, 0.2) is 0 Å². The van der Waals surface area contributed by atoms with Crippen LogP contribution >= 0.6 is 0 Å². The zero-order valence-corrected chi connectivity index (χ0v) is 11.8. The number of hydrogen-bond acceptors (Lipinski definition) is 2. The molecule has 2 N–H and O–H groups in total. The maximum Gasteiger partial charge on any atom is 0.224 e. The van der Waals surface area contributed by atoms with Crippen LogP contribution in [0, 0.1) is 17.8 Å². The van der Waals surface area contributed by atoms with Crippen LogP contribution in [0.1, 0.15) is 37.7 Å². The maximum absolute atomic E-state index is 12.1. The van der Waals surface area contributed by atoms with Crippen LogP contribution < -0.4 is 5.32 Å². The molecule has 1 aromatic rings. The monoisotopic (exact) mass is 273 g/mol. The van der Waals surface area contributed by atoms with Crippen molar-refractivity contribution in [1.29, 1.82) is 0 Å². The van der Waals surface area contributed by atoms with Crippen LogP contribution in [-0.2, 0) is 11.2 Å². The fourth-order valence-corrected chi connectivity index (χ4v) is 3.96. The summed E-state index contributed by atoms with van der Waals surface area (Å²) in [5, 5.41) is 11.9. The highest BCUT2D eigenvalue weighted by molar-refractivity contribution is 5.90. The highest BCUT2D eigenvalue weighted by Gasteiger charge is 2.40. The molecule has 2 fully saturated rings. The minimum atomic E-state index is 0.150. The van der Waals surface area contributed by atoms with E-state index in [0.29, 0.717) is 18.8 Å². The van der Waals surface area contributed by atoms with Gasteiger partial charge in [-0.2, -0.15) is 0 Å². The van der Waals surface area contributed by atoms with E-state index in [9.17, 15) is 4.79 Å². The Morgan fingerprint density at radius 2 is 2.00 bits per heavy atom. The van der Waals surface area contributed by atoms with Crippen molar-refractivity contribution in [3.8, 4) is 0 Å². The normalized spacial score (nSPS) is 27.8. The van der Waals surface area contributed by atoms with E-state index in [2.05, 4.69) is 5.32 Å². The minimum absolute atomic E-state index is 0.150. The highest BCUT2D eigenvalue weighted by atomic mass is 16.2. The number of aliphatic hydroxyl groups is 1. The van der Waals surface area contributed by atoms with E-state index in [1.54, 1.807) is 0 Å². The van der Waals surface area contributed by atoms with Crippen molar-refractivity contribution in [2.24, 2.45) is 17.8 Å².